The number of nitriles is 1. The van der Waals surface area contributed by atoms with Gasteiger partial charge in [0.2, 0.25) is 11.7 Å². The van der Waals surface area contributed by atoms with Crippen molar-refractivity contribution in [3.05, 3.63) is 84.3 Å². The van der Waals surface area contributed by atoms with E-state index in [1.54, 1.807) is 30.3 Å². The van der Waals surface area contributed by atoms with Gasteiger partial charge in [0.15, 0.2) is 0 Å². The topological polar surface area (TPSA) is 96.2 Å². The Kier molecular flexibility index (Phi) is 5.16. The fraction of sp³-hybridized carbons (Fsp3) is 0.0952. The Hall–Kier alpha value is -3.05. The summed E-state index contributed by atoms with van der Waals surface area (Å²) < 4.78 is 6.88. The normalized spacial score (nSPS) is 11.0. The molecule has 0 aliphatic heterocycles. The van der Waals surface area contributed by atoms with Crippen LogP contribution >= 0.6 is 34.5 Å². The van der Waals surface area contributed by atoms with Crippen molar-refractivity contribution in [3.8, 4) is 11.9 Å². The number of halogens is 2. The van der Waals surface area contributed by atoms with Crippen molar-refractivity contribution in [2.45, 2.75) is 13.5 Å². The number of thiophene rings is 1. The SMILES string of the molecule is Cc1c(C(=O)c2sc3cccc(Cl)c3c2Cl)c(O)n(Cc2ccco2)c(=O)c1C#N. The highest BCUT2D eigenvalue weighted by molar-refractivity contribution is 7.22. The molecule has 3 aromatic heterocycles. The largest absolute Gasteiger partial charge is 0.494 e. The number of fused-ring (bicyclic) bond motifs is 1. The average molecular weight is 459 g/mol. The predicted molar refractivity (Wildman–Crippen MR) is 115 cm³/mol. The van der Waals surface area contributed by atoms with E-state index in [0.29, 0.717) is 20.9 Å². The summed E-state index contributed by atoms with van der Waals surface area (Å²) >= 11 is 13.8. The number of nitrogens with zero attached hydrogens (tertiary/aromatic N) is 2. The first-order valence-electron chi connectivity index (χ1n) is 8.65. The quantitative estimate of drug-likeness (QED) is 0.427. The van der Waals surface area contributed by atoms with Crippen LogP contribution in [-0.4, -0.2) is 15.5 Å². The summed E-state index contributed by atoms with van der Waals surface area (Å²) in [7, 11) is 0. The lowest BCUT2D eigenvalue weighted by Gasteiger charge is -2.14. The minimum atomic E-state index is -0.717. The van der Waals surface area contributed by atoms with Gasteiger partial charge in [0, 0.05) is 10.1 Å². The molecule has 0 aliphatic carbocycles. The Morgan fingerprint density at radius 1 is 1.30 bits per heavy atom. The molecule has 0 atom stereocenters. The highest BCUT2D eigenvalue weighted by Crippen LogP contribution is 2.41. The molecule has 0 spiro atoms. The van der Waals surface area contributed by atoms with Crippen molar-refractivity contribution in [2.24, 2.45) is 0 Å². The maximum absolute atomic E-state index is 13.4. The number of benzene rings is 1. The van der Waals surface area contributed by atoms with Gasteiger partial charge in [-0.1, -0.05) is 29.3 Å². The highest BCUT2D eigenvalue weighted by Gasteiger charge is 2.28. The molecule has 4 rings (SSSR count). The second-order valence-electron chi connectivity index (χ2n) is 6.47. The molecule has 0 aliphatic rings. The van der Waals surface area contributed by atoms with Crippen LogP contribution in [0.1, 0.15) is 32.1 Å². The van der Waals surface area contributed by atoms with Gasteiger partial charge in [-0.15, -0.1) is 11.3 Å². The number of pyridine rings is 1. The maximum atomic E-state index is 13.4. The molecule has 3 heterocycles. The molecule has 30 heavy (non-hydrogen) atoms. The van der Waals surface area contributed by atoms with Crippen molar-refractivity contribution in [1.82, 2.24) is 4.57 Å². The lowest BCUT2D eigenvalue weighted by molar-refractivity contribution is 0.103. The average Bonchev–Trinajstić information content (AvgIpc) is 3.34. The van der Waals surface area contributed by atoms with Gasteiger partial charge in [-0.25, -0.2) is 0 Å². The molecule has 0 unspecified atom stereocenters. The van der Waals surface area contributed by atoms with Gasteiger partial charge >= 0.3 is 0 Å². The molecule has 0 amide bonds. The number of aromatic hydroxyl groups is 1. The van der Waals surface area contributed by atoms with E-state index >= 15 is 0 Å². The minimum Gasteiger partial charge on any atom is -0.494 e. The van der Waals surface area contributed by atoms with Gasteiger partial charge in [0.25, 0.3) is 5.56 Å². The fourth-order valence-electron chi connectivity index (χ4n) is 3.26. The number of hydrogen-bond donors (Lipinski definition) is 1. The van der Waals surface area contributed by atoms with Crippen molar-refractivity contribution in [3.63, 3.8) is 0 Å². The van der Waals surface area contributed by atoms with E-state index in [1.807, 2.05) is 6.07 Å². The summed E-state index contributed by atoms with van der Waals surface area (Å²) in [6.07, 6.45) is 1.42. The molecule has 1 aromatic carbocycles. The predicted octanol–water partition coefficient (Wildman–Crippen LogP) is 5.13. The smallest absolute Gasteiger partial charge is 0.271 e. The summed E-state index contributed by atoms with van der Waals surface area (Å²) in [6, 6.07) is 10.3. The molecule has 0 bridgehead atoms. The standard InChI is InChI=1S/C21H12Cl2N2O4S/c1-10-12(8-24)20(27)25(9-11-4-3-7-29-11)21(28)15(10)18(26)19-17(23)16-13(22)5-2-6-14(16)30-19/h2-7,28H,9H2,1H3. The zero-order chi connectivity index (χ0) is 21.6. The van der Waals surface area contributed by atoms with Gasteiger partial charge < -0.3 is 9.52 Å². The van der Waals surface area contributed by atoms with Crippen LogP contribution in [0.25, 0.3) is 10.1 Å². The van der Waals surface area contributed by atoms with Crippen LogP contribution in [0.15, 0.2) is 45.8 Å². The van der Waals surface area contributed by atoms with Crippen molar-refractivity contribution < 1.29 is 14.3 Å². The number of aromatic nitrogens is 1. The van der Waals surface area contributed by atoms with E-state index in [4.69, 9.17) is 27.6 Å². The highest BCUT2D eigenvalue weighted by atomic mass is 35.5. The number of ketones is 1. The zero-order valence-electron chi connectivity index (χ0n) is 15.4. The van der Waals surface area contributed by atoms with Crippen LogP contribution in [0.3, 0.4) is 0 Å². The van der Waals surface area contributed by atoms with E-state index < -0.39 is 17.2 Å². The first kappa shape index (κ1) is 20.2. The third-order valence-electron chi connectivity index (χ3n) is 4.73. The second-order valence-corrected chi connectivity index (χ2v) is 8.31. The number of carbonyl (C=O) groups excluding carboxylic acids is 1. The van der Waals surface area contributed by atoms with E-state index in [1.165, 1.54) is 13.2 Å². The Labute approximate surface area is 184 Å². The van der Waals surface area contributed by atoms with Crippen molar-refractivity contribution >= 4 is 50.4 Å². The van der Waals surface area contributed by atoms with Crippen LogP contribution in [0.5, 0.6) is 5.88 Å². The summed E-state index contributed by atoms with van der Waals surface area (Å²) in [5.41, 5.74) is -1.04. The third-order valence-corrected chi connectivity index (χ3v) is 6.69. The molecule has 0 saturated carbocycles. The van der Waals surface area contributed by atoms with Crippen LogP contribution in [0.2, 0.25) is 10.0 Å². The Balaban J connectivity index is 1.96. The lowest BCUT2D eigenvalue weighted by Crippen LogP contribution is -2.27. The van der Waals surface area contributed by atoms with Crippen LogP contribution in [0.4, 0.5) is 0 Å². The van der Waals surface area contributed by atoms with Gasteiger partial charge in [-0.2, -0.15) is 5.26 Å². The molecule has 4 aromatic rings. The molecular formula is C21H12Cl2N2O4S. The fourth-order valence-corrected chi connectivity index (χ4v) is 5.16. The molecule has 6 nitrogen and oxygen atoms in total. The maximum Gasteiger partial charge on any atom is 0.271 e. The van der Waals surface area contributed by atoms with E-state index in [-0.39, 0.29) is 33.1 Å². The second kappa shape index (κ2) is 7.65. The third kappa shape index (κ3) is 3.10. The molecule has 150 valence electrons. The molecule has 0 saturated heterocycles. The van der Waals surface area contributed by atoms with Crippen molar-refractivity contribution in [2.75, 3.05) is 0 Å². The van der Waals surface area contributed by atoms with Gasteiger partial charge in [-0.3, -0.25) is 14.2 Å². The van der Waals surface area contributed by atoms with Gasteiger partial charge in [-0.05, 0) is 36.8 Å². The number of rotatable bonds is 4. The van der Waals surface area contributed by atoms with Crippen molar-refractivity contribution in [1.29, 1.82) is 5.26 Å². The molecular weight excluding hydrogens is 447 g/mol. The lowest BCUT2D eigenvalue weighted by atomic mass is 10.0. The summed E-state index contributed by atoms with van der Waals surface area (Å²) in [4.78, 5) is 26.3. The Bertz CT molecular complexity index is 1410. The number of carbonyl (C=O) groups is 1. The number of furan rings is 1. The van der Waals surface area contributed by atoms with Gasteiger partial charge in [0.1, 0.15) is 17.4 Å². The summed E-state index contributed by atoms with van der Waals surface area (Å²) in [5.74, 6) is -0.778. The molecule has 0 fully saturated rings. The monoisotopic (exact) mass is 458 g/mol. The van der Waals surface area contributed by atoms with Crippen LogP contribution in [0, 0.1) is 18.3 Å². The minimum absolute atomic E-state index is 0.0836. The summed E-state index contributed by atoms with van der Waals surface area (Å²) in [6.45, 7) is 1.30. The Morgan fingerprint density at radius 2 is 2.07 bits per heavy atom. The van der Waals surface area contributed by atoms with E-state index in [9.17, 15) is 20.0 Å². The molecule has 9 heteroatoms. The summed E-state index contributed by atoms with van der Waals surface area (Å²) in [5, 5.41) is 21.4. The van der Waals surface area contributed by atoms with E-state index in [2.05, 4.69) is 0 Å². The van der Waals surface area contributed by atoms with Crippen LogP contribution in [-0.2, 0) is 6.54 Å². The Morgan fingerprint density at radius 3 is 2.70 bits per heavy atom. The zero-order valence-corrected chi connectivity index (χ0v) is 17.7. The number of hydrogen-bond acceptors (Lipinski definition) is 6. The molecule has 0 radical (unpaired) electrons. The van der Waals surface area contributed by atoms with E-state index in [0.717, 1.165) is 15.9 Å². The van der Waals surface area contributed by atoms with Crippen LogP contribution < -0.4 is 5.56 Å². The van der Waals surface area contributed by atoms with Gasteiger partial charge in [0.05, 0.1) is 33.3 Å². The first-order chi connectivity index (χ1) is 14.3. The molecule has 1 N–H and O–H groups in total. The first-order valence-corrected chi connectivity index (χ1v) is 10.2.